The highest BCUT2D eigenvalue weighted by atomic mass is 19.4. The van der Waals surface area contributed by atoms with Gasteiger partial charge in [-0.15, -0.1) is 0 Å². The Bertz CT molecular complexity index is 7050. The second kappa shape index (κ2) is 46.7. The van der Waals surface area contributed by atoms with E-state index >= 15 is 0 Å². The lowest BCUT2D eigenvalue weighted by molar-refractivity contribution is -0.168. The Morgan fingerprint density at radius 2 is 0.622 bits per heavy atom. The van der Waals surface area contributed by atoms with E-state index in [0.717, 1.165) is 189 Å². The third kappa shape index (κ3) is 26.2. The Labute approximate surface area is 848 Å². The van der Waals surface area contributed by atoms with E-state index in [4.69, 9.17) is 28.7 Å². The molecule has 0 saturated carbocycles. The van der Waals surface area contributed by atoms with E-state index in [2.05, 4.69) is 104 Å². The summed E-state index contributed by atoms with van der Waals surface area (Å²) in [6.07, 6.45) is -4.13. The Hall–Kier alpha value is -14.5. The van der Waals surface area contributed by atoms with Crippen molar-refractivity contribution in [3.05, 3.63) is 328 Å². The molecule has 5 amide bonds. The third-order valence-corrected chi connectivity index (χ3v) is 27.7. The fraction of sp³-hybridized carbons (Fsp3) is 0.292. The van der Waals surface area contributed by atoms with Gasteiger partial charge in [0.15, 0.2) is 0 Å². The molecule has 2 unspecified atom stereocenters. The quantitative estimate of drug-likeness (QED) is 0.0302. The van der Waals surface area contributed by atoms with Crippen molar-refractivity contribution in [2.45, 2.75) is 115 Å². The molecule has 6 aliphatic rings. The zero-order valence-corrected chi connectivity index (χ0v) is 81.8. The molecule has 5 aromatic heterocycles. The van der Waals surface area contributed by atoms with Crippen LogP contribution in [0.25, 0.3) is 110 Å². The second-order valence-corrected chi connectivity index (χ2v) is 38.5. The number of fused-ring (bicyclic) bond motifs is 6. The summed E-state index contributed by atoms with van der Waals surface area (Å²) >= 11 is 0. The molecule has 35 heteroatoms. The van der Waals surface area contributed by atoms with Crippen LogP contribution in [0.1, 0.15) is 114 Å². The number of hydrogen-bond acceptors (Lipinski definition) is 20. The summed E-state index contributed by atoms with van der Waals surface area (Å²) in [6.45, 7) is 21.6. The number of piperazine rings is 5. The van der Waals surface area contributed by atoms with E-state index < -0.39 is 54.2 Å². The van der Waals surface area contributed by atoms with Crippen LogP contribution in [0, 0.1) is 29.1 Å². The first kappa shape index (κ1) is 105. The number of primary amides is 5. The summed E-state index contributed by atoms with van der Waals surface area (Å²) in [5.41, 5.74) is 44.4. The van der Waals surface area contributed by atoms with Crippen molar-refractivity contribution >= 4 is 84.1 Å². The molecule has 0 spiro atoms. The van der Waals surface area contributed by atoms with Crippen LogP contribution in [0.4, 0.5) is 43.9 Å². The number of carbonyl (C=O) groups is 5. The summed E-state index contributed by atoms with van der Waals surface area (Å²) < 4.78 is 132. The molecule has 14 N–H and O–H groups in total. The lowest BCUT2D eigenvalue weighted by atomic mass is 9.98. The number of carbonyl (C=O) groups excluding carboxylic acids is 5. The predicted octanol–water partition coefficient (Wildman–Crippen LogP) is 16.3. The van der Waals surface area contributed by atoms with Crippen molar-refractivity contribution in [1.82, 2.24) is 75.6 Å². The summed E-state index contributed by atoms with van der Waals surface area (Å²) in [6, 6.07) is 67.4. The normalized spacial score (nSPS) is 18.6. The number of nitrogens with one attached hydrogen (secondary N) is 4. The molecule has 0 aliphatic carbocycles. The van der Waals surface area contributed by atoms with Crippen molar-refractivity contribution in [1.29, 1.82) is 0 Å². The van der Waals surface area contributed by atoms with E-state index in [1.54, 1.807) is 102 Å². The Morgan fingerprint density at radius 3 is 0.905 bits per heavy atom. The monoisotopic (exact) mass is 2020 g/mol. The molecule has 6 atom stereocenters. The summed E-state index contributed by atoms with van der Waals surface area (Å²) in [4.78, 5) is 94.9. The Kier molecular flexibility index (Phi) is 33.1. The van der Waals surface area contributed by atoms with Gasteiger partial charge in [-0.1, -0.05) is 121 Å². The summed E-state index contributed by atoms with van der Waals surface area (Å²) in [5.74, 6) is -4.72. The van der Waals surface area contributed by atoms with Crippen LogP contribution in [-0.4, -0.2) is 231 Å². The van der Waals surface area contributed by atoms with E-state index in [1.165, 1.54) is 85.6 Å². The molecule has 6 fully saturated rings. The summed E-state index contributed by atoms with van der Waals surface area (Å²) in [7, 11) is 0. The standard InChI is InChI=1S/C24H25FN4O.C23H22F4N4O.C22H21F3N4O.2C22H23FN4O/c25-18-6-4-17(5-7-18)21-13-23(24(26)30)27-22-12-16(3-8-20(21)22)14-28-10-11-29-9-1-2-19(29)15-28;1-13-10-29-21(23(25,26)27)12-31(13)11-14-2-7-17-18(15-3-5-16(24)6-4-15)9-20(22(28)32)30-19(17)8-14;23-15-4-2-14(3-5-15)17-10-19(22(26)30)28-18-9-13(1-6-16(17)18)11-29-8-7-27-20(12-29)21(24)25;2*1-14-12-27(9-8-25-14)13-15-2-7-18-19(16-3-5-17(23)6-4-16)11-21(22(24)28)26-20(18)10-15/h3-8,12-13,19H,1-2,9-11,14-15H2,(H2,26,30);2-9,13,21,29H,10-12H2,1H3,(H2,28,32);1-6,9-10,20-21,27H,7-8,11-12H2,(H2,26,30);2*2-7,10-11,14,25H,8-9,12-13H2,1H3,(H2,24,28)/t19-;13-,21?;;2*14-/m11.10/s1. The summed E-state index contributed by atoms with van der Waals surface area (Å²) in [5, 5.41) is 16.5. The number of aromatic nitrogens is 5. The van der Waals surface area contributed by atoms with E-state index in [-0.39, 0.29) is 83.2 Å². The average Bonchev–Trinajstić information content (AvgIpc) is 1.06. The van der Waals surface area contributed by atoms with Crippen LogP contribution < -0.4 is 49.9 Å². The van der Waals surface area contributed by atoms with Crippen molar-refractivity contribution in [3.63, 3.8) is 0 Å². The van der Waals surface area contributed by atoms with Crippen molar-refractivity contribution in [2.75, 3.05) is 98.2 Å². The molecule has 6 aliphatic heterocycles. The first-order valence-electron chi connectivity index (χ1n) is 49.2. The van der Waals surface area contributed by atoms with Gasteiger partial charge in [0.25, 0.3) is 36.0 Å². The fourth-order valence-electron chi connectivity index (χ4n) is 20.1. The maximum Gasteiger partial charge on any atom is 0.405 e. The van der Waals surface area contributed by atoms with Crippen molar-refractivity contribution in [2.24, 2.45) is 28.7 Å². The molecule has 766 valence electrons. The van der Waals surface area contributed by atoms with Crippen LogP contribution in [-0.2, 0) is 32.7 Å². The van der Waals surface area contributed by atoms with Gasteiger partial charge in [-0.05, 0) is 245 Å². The lowest BCUT2D eigenvalue weighted by Gasteiger charge is -2.39. The molecule has 0 bridgehead atoms. The van der Waals surface area contributed by atoms with Gasteiger partial charge in [0.05, 0.1) is 33.6 Å². The highest BCUT2D eigenvalue weighted by molar-refractivity contribution is 6.06. The van der Waals surface area contributed by atoms with E-state index in [1.807, 2.05) is 72.5 Å². The largest absolute Gasteiger partial charge is 0.405 e. The van der Waals surface area contributed by atoms with Crippen LogP contribution in [0.2, 0.25) is 0 Å². The van der Waals surface area contributed by atoms with Crippen molar-refractivity contribution in [3.8, 4) is 55.6 Å². The lowest BCUT2D eigenvalue weighted by Crippen LogP contribution is -2.60. The van der Waals surface area contributed by atoms with Crippen LogP contribution in [0.15, 0.2) is 243 Å². The first-order chi connectivity index (χ1) is 71.1. The van der Waals surface area contributed by atoms with Gasteiger partial charge in [-0.3, -0.25) is 53.4 Å². The van der Waals surface area contributed by atoms with Gasteiger partial charge in [-0.25, -0.2) is 55.7 Å². The molecule has 10 aromatic carbocycles. The maximum absolute atomic E-state index is 13.4. The predicted molar refractivity (Wildman–Crippen MR) is 554 cm³/mol. The van der Waals surface area contributed by atoms with Gasteiger partial charge >= 0.3 is 6.18 Å². The van der Waals surface area contributed by atoms with E-state index in [9.17, 15) is 67.9 Å². The topological polar surface area (TPSA) is 347 Å². The van der Waals surface area contributed by atoms with E-state index in [0.29, 0.717) is 66.5 Å². The third-order valence-electron chi connectivity index (χ3n) is 27.7. The Balaban J connectivity index is 0.000000126. The number of nitrogens with zero attached hydrogens (tertiary/aromatic N) is 11. The maximum atomic E-state index is 13.4. The van der Waals surface area contributed by atoms with Gasteiger partial charge in [0.2, 0.25) is 0 Å². The number of nitrogens with two attached hydrogens (primary N) is 5. The second-order valence-electron chi connectivity index (χ2n) is 38.5. The minimum Gasteiger partial charge on any atom is -0.364 e. The van der Waals surface area contributed by atoms with Gasteiger partial charge < -0.3 is 49.9 Å². The fourth-order valence-corrected chi connectivity index (χ4v) is 20.1. The zero-order valence-electron chi connectivity index (χ0n) is 81.8. The molecular weight excluding hydrogens is 1910 g/mol. The minimum atomic E-state index is -4.32. The minimum absolute atomic E-state index is 0.0571. The first-order valence-corrected chi connectivity index (χ1v) is 49.2. The number of amides is 5. The van der Waals surface area contributed by atoms with Crippen molar-refractivity contribution < 1.29 is 67.9 Å². The molecular formula is C113H114F10N20O5. The zero-order chi connectivity index (χ0) is 104. The smallest absolute Gasteiger partial charge is 0.364 e. The number of rotatable bonds is 21. The number of halogens is 10. The van der Waals surface area contributed by atoms with Crippen LogP contribution >= 0.6 is 0 Å². The number of hydrogen-bond donors (Lipinski definition) is 9. The van der Waals surface area contributed by atoms with Gasteiger partial charge in [0.1, 0.15) is 63.6 Å². The molecule has 6 saturated heterocycles. The highest BCUT2D eigenvalue weighted by Crippen LogP contribution is 2.39. The van der Waals surface area contributed by atoms with Crippen LogP contribution in [0.3, 0.4) is 0 Å². The molecule has 25 nitrogen and oxygen atoms in total. The highest BCUT2D eigenvalue weighted by Gasteiger charge is 2.44. The van der Waals surface area contributed by atoms with Gasteiger partial charge in [-0.2, -0.15) is 13.2 Å². The molecule has 15 aromatic rings. The number of pyridine rings is 5. The molecule has 11 heterocycles. The van der Waals surface area contributed by atoms with Gasteiger partial charge in [0, 0.05) is 175 Å². The average molecular weight is 2020 g/mol. The number of alkyl halides is 5. The molecule has 148 heavy (non-hydrogen) atoms. The Morgan fingerprint density at radius 1 is 0.338 bits per heavy atom. The number of benzene rings is 10. The SMILES string of the molecule is C[C@@H]1CN(Cc2ccc3c(-c4ccc(F)cc4)cc(C(N)=O)nc3c2)CCN1.C[C@@H]1CNC(C(F)(F)F)CN1Cc1ccc2c(-c3ccc(F)cc3)cc(C(N)=O)nc2c1.C[C@H]1CN(Cc2ccc3c(-c4ccc(F)cc4)cc(C(N)=O)nc3c2)CCN1.NC(=O)c1cc(-c2ccc(F)cc2)c2ccc(CN3CCN4CCC[C@@H]4C3)cc2n1.NC(=O)c1cc(-c2ccc(F)cc2)c2ccc(CN3CCNC(C(F)F)C3)cc2n1. The molecule has 21 rings (SSSR count). The van der Waals surface area contributed by atoms with Crippen LogP contribution in [0.5, 0.6) is 0 Å². The molecule has 0 radical (unpaired) electrons.